The van der Waals surface area contributed by atoms with Gasteiger partial charge in [-0.1, -0.05) is 0 Å². The van der Waals surface area contributed by atoms with Crippen LogP contribution in [0.25, 0.3) is 0 Å². The summed E-state index contributed by atoms with van der Waals surface area (Å²) < 4.78 is 54.7. The summed E-state index contributed by atoms with van der Waals surface area (Å²) >= 11 is 0. The maximum Gasteiger partial charge on any atom is 0.406 e. The number of methoxy groups -OCH3 is 3. The van der Waals surface area contributed by atoms with Crippen molar-refractivity contribution in [2.75, 3.05) is 34.9 Å². The second-order valence-electron chi connectivity index (χ2n) is 6.57. The van der Waals surface area contributed by atoms with E-state index in [1.54, 1.807) is 24.1 Å². The molecule has 1 aromatic heterocycles. The number of hydrogen-bond donors (Lipinski definition) is 1. The number of benzene rings is 1. The third kappa shape index (κ3) is 6.55. The van der Waals surface area contributed by atoms with Gasteiger partial charge in [0.25, 0.3) is 0 Å². The number of rotatable bonds is 10. The highest BCUT2D eigenvalue weighted by Crippen LogP contribution is 2.38. The minimum absolute atomic E-state index is 0.0106. The number of alkyl halides is 3. The topological polar surface area (TPSA) is 77.9 Å². The van der Waals surface area contributed by atoms with Gasteiger partial charge >= 0.3 is 6.18 Å². The number of ether oxygens (including phenoxy) is 3. The number of hydrogen-bond acceptors (Lipinski definition) is 6. The number of nitrogens with one attached hydrogen (secondary N) is 1. The van der Waals surface area contributed by atoms with Crippen molar-refractivity contribution in [2.24, 2.45) is 0 Å². The first-order valence-corrected chi connectivity index (χ1v) is 8.97. The number of carbonyl (C=O) groups is 1. The second-order valence-corrected chi connectivity index (χ2v) is 6.57. The molecule has 1 aromatic carbocycles. The number of aromatic nitrogens is 2. The molecule has 1 heterocycles. The third-order valence-electron chi connectivity index (χ3n) is 4.19. The summed E-state index contributed by atoms with van der Waals surface area (Å²) in [6.07, 6.45) is -1.77. The summed E-state index contributed by atoms with van der Waals surface area (Å²) in [5.74, 6) is 1.32. The highest BCUT2D eigenvalue weighted by Gasteiger charge is 2.29. The number of nitrogens with zero attached hydrogens (tertiary/aromatic N) is 3. The van der Waals surface area contributed by atoms with E-state index in [0.717, 1.165) is 10.1 Å². The fourth-order valence-corrected chi connectivity index (χ4v) is 2.87. The zero-order chi connectivity index (χ0) is 22.3. The minimum Gasteiger partial charge on any atom is -0.493 e. The van der Waals surface area contributed by atoms with E-state index in [0.29, 0.717) is 17.2 Å². The molecule has 2 aromatic rings. The molecule has 11 heteroatoms. The third-order valence-corrected chi connectivity index (χ3v) is 4.19. The highest BCUT2D eigenvalue weighted by atomic mass is 19.4. The van der Waals surface area contributed by atoms with Gasteiger partial charge in [-0.2, -0.15) is 13.2 Å². The van der Waals surface area contributed by atoms with E-state index < -0.39 is 12.7 Å². The van der Waals surface area contributed by atoms with Crippen LogP contribution in [0.15, 0.2) is 24.5 Å². The smallest absolute Gasteiger partial charge is 0.406 e. The Bertz CT molecular complexity index is 830. The first kappa shape index (κ1) is 23.3. The monoisotopic (exact) mass is 430 g/mol. The lowest BCUT2D eigenvalue weighted by Crippen LogP contribution is -2.35. The quantitative estimate of drug-likeness (QED) is 0.623. The van der Waals surface area contributed by atoms with E-state index in [9.17, 15) is 18.0 Å². The summed E-state index contributed by atoms with van der Waals surface area (Å²) in [4.78, 5) is 17.8. The summed E-state index contributed by atoms with van der Waals surface area (Å²) in [5.41, 5.74) is 0.737. The van der Waals surface area contributed by atoms with Crippen LogP contribution in [0.2, 0.25) is 0 Å². The normalized spacial score (nSPS) is 11.5. The lowest BCUT2D eigenvalue weighted by atomic mass is 10.1. The van der Waals surface area contributed by atoms with Crippen molar-refractivity contribution >= 4 is 5.91 Å². The van der Waals surface area contributed by atoms with Crippen LogP contribution in [0.3, 0.4) is 0 Å². The van der Waals surface area contributed by atoms with Crippen molar-refractivity contribution in [2.45, 2.75) is 25.8 Å². The van der Waals surface area contributed by atoms with Crippen molar-refractivity contribution in [3.63, 3.8) is 0 Å². The summed E-state index contributed by atoms with van der Waals surface area (Å²) in [7, 11) is 6.12. The largest absolute Gasteiger partial charge is 0.493 e. The van der Waals surface area contributed by atoms with Gasteiger partial charge in [-0.15, -0.1) is 0 Å². The average molecular weight is 430 g/mol. The molecular weight excluding hydrogens is 405 g/mol. The predicted octanol–water partition coefficient (Wildman–Crippen LogP) is 2.22. The molecule has 1 N–H and O–H groups in total. The van der Waals surface area contributed by atoms with Crippen LogP contribution >= 0.6 is 0 Å². The van der Waals surface area contributed by atoms with Crippen LogP contribution in [0.4, 0.5) is 13.2 Å². The SMILES string of the molecule is COc1cc(CNC(=O)CN(C)Cc2nccn2CC(F)(F)F)cc(OC)c1OC. The molecule has 166 valence electrons. The van der Waals surface area contributed by atoms with Crippen LogP contribution in [0, 0.1) is 0 Å². The Balaban J connectivity index is 1.93. The fraction of sp³-hybridized carbons (Fsp3) is 0.474. The molecule has 0 saturated carbocycles. The molecule has 0 spiro atoms. The van der Waals surface area contributed by atoms with Crippen LogP contribution in [0.1, 0.15) is 11.4 Å². The molecule has 0 radical (unpaired) electrons. The van der Waals surface area contributed by atoms with Crippen LogP contribution in [0.5, 0.6) is 17.2 Å². The lowest BCUT2D eigenvalue weighted by molar-refractivity contribution is -0.141. The predicted molar refractivity (Wildman–Crippen MR) is 103 cm³/mol. The van der Waals surface area contributed by atoms with Crippen molar-refractivity contribution < 1.29 is 32.2 Å². The molecule has 1 amide bonds. The zero-order valence-corrected chi connectivity index (χ0v) is 17.2. The van der Waals surface area contributed by atoms with Crippen molar-refractivity contribution in [1.29, 1.82) is 0 Å². The van der Waals surface area contributed by atoms with Gasteiger partial charge in [0, 0.05) is 18.9 Å². The van der Waals surface area contributed by atoms with Gasteiger partial charge in [-0.05, 0) is 24.7 Å². The molecule has 0 aliphatic heterocycles. The molecule has 0 unspecified atom stereocenters. The van der Waals surface area contributed by atoms with Gasteiger partial charge in [0.1, 0.15) is 12.4 Å². The van der Waals surface area contributed by atoms with Gasteiger partial charge in [0.05, 0.1) is 34.4 Å². The Morgan fingerprint density at radius 2 is 1.80 bits per heavy atom. The van der Waals surface area contributed by atoms with E-state index in [2.05, 4.69) is 10.3 Å². The molecule has 30 heavy (non-hydrogen) atoms. The highest BCUT2D eigenvalue weighted by molar-refractivity contribution is 5.78. The Kier molecular flexibility index (Phi) is 7.93. The standard InChI is InChI=1S/C19H25F3N4O4/c1-25(10-16-23-5-6-26(16)12-19(20,21)22)11-17(27)24-9-13-7-14(28-2)18(30-4)15(8-13)29-3/h5-8H,9-12H2,1-4H3,(H,24,27). The number of imidazole rings is 1. The van der Waals surface area contributed by atoms with Crippen molar-refractivity contribution in [1.82, 2.24) is 19.8 Å². The van der Waals surface area contributed by atoms with Crippen LogP contribution < -0.4 is 19.5 Å². The molecular formula is C19H25F3N4O4. The van der Waals surface area contributed by atoms with E-state index >= 15 is 0 Å². The number of halogens is 3. The van der Waals surface area contributed by atoms with Crippen LogP contribution in [-0.2, 0) is 24.4 Å². The number of carbonyl (C=O) groups excluding carboxylic acids is 1. The summed E-state index contributed by atoms with van der Waals surface area (Å²) in [6, 6.07) is 3.44. The molecule has 0 aliphatic carbocycles. The molecule has 0 atom stereocenters. The maximum atomic E-state index is 12.6. The van der Waals surface area contributed by atoms with Crippen molar-refractivity contribution in [3.8, 4) is 17.2 Å². The molecule has 0 bridgehead atoms. The molecule has 8 nitrogen and oxygen atoms in total. The molecule has 0 saturated heterocycles. The molecule has 0 fully saturated rings. The summed E-state index contributed by atoms with van der Waals surface area (Å²) in [6.45, 7) is -0.820. The van der Waals surface area contributed by atoms with Gasteiger partial charge < -0.3 is 24.1 Å². The maximum absolute atomic E-state index is 12.6. The van der Waals surface area contributed by atoms with E-state index in [1.165, 1.54) is 33.7 Å². The van der Waals surface area contributed by atoms with Gasteiger partial charge in [-0.3, -0.25) is 9.69 Å². The number of likely N-dealkylation sites (N-methyl/N-ethyl adjacent to an activating group) is 1. The van der Waals surface area contributed by atoms with Crippen LogP contribution in [-0.4, -0.2) is 61.5 Å². The van der Waals surface area contributed by atoms with Crippen molar-refractivity contribution in [3.05, 3.63) is 35.9 Å². The van der Waals surface area contributed by atoms with E-state index in [-0.39, 0.29) is 31.4 Å². The number of amides is 1. The molecule has 2 rings (SSSR count). The van der Waals surface area contributed by atoms with Gasteiger partial charge in [-0.25, -0.2) is 4.98 Å². The first-order valence-electron chi connectivity index (χ1n) is 8.97. The first-order chi connectivity index (χ1) is 14.2. The van der Waals surface area contributed by atoms with E-state index in [1.807, 2.05) is 0 Å². The second kappa shape index (κ2) is 10.2. The molecule has 0 aliphatic rings. The van der Waals surface area contributed by atoms with Gasteiger partial charge in [0.2, 0.25) is 11.7 Å². The minimum atomic E-state index is -4.34. The Morgan fingerprint density at radius 3 is 2.33 bits per heavy atom. The lowest BCUT2D eigenvalue weighted by Gasteiger charge is -2.18. The van der Waals surface area contributed by atoms with E-state index in [4.69, 9.17) is 14.2 Å². The fourth-order valence-electron chi connectivity index (χ4n) is 2.87. The Labute approximate surface area is 172 Å². The Morgan fingerprint density at radius 1 is 1.17 bits per heavy atom. The zero-order valence-electron chi connectivity index (χ0n) is 17.2. The summed E-state index contributed by atoms with van der Waals surface area (Å²) in [5, 5.41) is 2.76. The average Bonchev–Trinajstić information content (AvgIpc) is 3.09. The van der Waals surface area contributed by atoms with Gasteiger partial charge in [0.15, 0.2) is 11.5 Å². The Hall–Kier alpha value is -2.95.